The molecule has 1 amide bonds. The molecule has 4 saturated carbocycles. The largest absolute Gasteiger partial charge is 0.506 e. The molecule has 0 unspecified atom stereocenters. The highest BCUT2D eigenvalue weighted by atomic mass is 32.1. The van der Waals surface area contributed by atoms with Gasteiger partial charge in [0, 0.05) is 63.0 Å². The maximum Gasteiger partial charge on any atom is 0.274 e. The van der Waals surface area contributed by atoms with E-state index in [9.17, 15) is 9.90 Å². The highest BCUT2D eigenvalue weighted by Crippen LogP contribution is 2.60. The summed E-state index contributed by atoms with van der Waals surface area (Å²) in [5.74, 6) is 3.69. The van der Waals surface area contributed by atoms with E-state index < -0.39 is 0 Å². The van der Waals surface area contributed by atoms with Gasteiger partial charge in [-0.05, 0) is 96.9 Å². The van der Waals surface area contributed by atoms with Gasteiger partial charge in [0.2, 0.25) is 0 Å². The summed E-state index contributed by atoms with van der Waals surface area (Å²) in [4.78, 5) is 25.3. The first-order chi connectivity index (χ1) is 19.4. The minimum atomic E-state index is -0.00331. The molecule has 5 fully saturated rings. The van der Waals surface area contributed by atoms with Crippen LogP contribution in [0.25, 0.3) is 11.1 Å². The molecule has 8 nitrogen and oxygen atoms in total. The number of carbonyl (C=O) groups excluding carboxylic acids is 1. The predicted octanol–water partition coefficient (Wildman–Crippen LogP) is 4.92. The quantitative estimate of drug-likeness (QED) is 0.441. The lowest BCUT2D eigenvalue weighted by Gasteiger charge is -2.57. The number of hydrogen-bond acceptors (Lipinski definition) is 8. The fraction of sp³-hybridized carbons (Fsp3) is 0.548. The Morgan fingerprint density at radius 2 is 1.73 bits per heavy atom. The summed E-state index contributed by atoms with van der Waals surface area (Å²) in [7, 11) is 1.95. The van der Waals surface area contributed by atoms with Gasteiger partial charge in [-0.2, -0.15) is 0 Å². The fourth-order valence-electron chi connectivity index (χ4n) is 8.42. The molecule has 0 radical (unpaired) electrons. The number of piperazine rings is 1. The number of pyridine rings is 1. The second kappa shape index (κ2) is 10.4. The van der Waals surface area contributed by atoms with Crippen molar-refractivity contribution in [3.8, 4) is 16.9 Å². The molecule has 0 aromatic carbocycles. The van der Waals surface area contributed by atoms with Crippen LogP contribution in [0.1, 0.15) is 53.9 Å². The van der Waals surface area contributed by atoms with E-state index >= 15 is 0 Å². The van der Waals surface area contributed by atoms with Gasteiger partial charge in [0.05, 0.1) is 6.20 Å². The van der Waals surface area contributed by atoms with Crippen molar-refractivity contribution in [2.75, 3.05) is 44.7 Å². The van der Waals surface area contributed by atoms with Crippen LogP contribution in [0.2, 0.25) is 0 Å². The molecule has 1 N–H and O–H groups in total. The third-order valence-corrected chi connectivity index (χ3v) is 10.7. The fourth-order valence-corrected chi connectivity index (χ4v) is 9.35. The molecule has 4 aliphatic carbocycles. The van der Waals surface area contributed by atoms with E-state index in [0.717, 1.165) is 74.0 Å². The Hall–Kier alpha value is -3.04. The molecule has 3 aromatic heterocycles. The molecule has 40 heavy (non-hydrogen) atoms. The van der Waals surface area contributed by atoms with Gasteiger partial charge in [0.1, 0.15) is 5.75 Å². The molecule has 3 aromatic rings. The minimum Gasteiger partial charge on any atom is -0.506 e. The standard InChI is InChI=1S/C31H38N6O2S/c1-35(20-31-13-21-8-22(14-31)10-23(9-21)15-31)30(39)28-2-3-29(34-33-28)37-6-4-36(5-7-37)18-27-12-25(19-40-27)24-11-26(38)17-32-16-24/h2-3,11-12,16-17,19,21-23,38H,4-10,13-15,18,20H2,1H3. The molecular weight excluding hydrogens is 520 g/mol. The lowest BCUT2D eigenvalue weighted by Crippen LogP contribution is -2.51. The molecule has 5 aliphatic rings. The van der Waals surface area contributed by atoms with E-state index in [1.54, 1.807) is 23.6 Å². The van der Waals surface area contributed by atoms with Gasteiger partial charge in [-0.1, -0.05) is 0 Å². The van der Waals surface area contributed by atoms with Crippen molar-refractivity contribution in [2.24, 2.45) is 23.2 Å². The average molecular weight is 559 g/mol. The number of nitrogens with zero attached hydrogens (tertiary/aromatic N) is 6. The first-order valence-corrected chi connectivity index (χ1v) is 15.6. The molecule has 0 atom stereocenters. The first-order valence-electron chi connectivity index (χ1n) is 14.7. The molecule has 9 heteroatoms. The topological polar surface area (TPSA) is 85.7 Å². The van der Waals surface area contributed by atoms with Crippen LogP contribution in [0.5, 0.6) is 5.75 Å². The number of anilines is 1. The smallest absolute Gasteiger partial charge is 0.274 e. The predicted molar refractivity (Wildman–Crippen MR) is 156 cm³/mol. The summed E-state index contributed by atoms with van der Waals surface area (Å²) in [6, 6.07) is 7.76. The molecule has 4 bridgehead atoms. The van der Waals surface area contributed by atoms with E-state index in [1.807, 2.05) is 24.1 Å². The zero-order valence-corrected chi connectivity index (χ0v) is 24.0. The Morgan fingerprint density at radius 3 is 2.38 bits per heavy atom. The molecule has 8 rings (SSSR count). The summed E-state index contributed by atoms with van der Waals surface area (Å²) in [6.45, 7) is 5.40. The van der Waals surface area contributed by atoms with Crippen molar-refractivity contribution < 1.29 is 9.90 Å². The average Bonchev–Trinajstić information content (AvgIpc) is 3.41. The molecular formula is C31H38N6O2S. The number of aromatic nitrogens is 3. The Morgan fingerprint density at radius 1 is 1.00 bits per heavy atom. The maximum absolute atomic E-state index is 13.3. The van der Waals surface area contributed by atoms with Crippen molar-refractivity contribution in [2.45, 2.75) is 45.1 Å². The zero-order valence-electron chi connectivity index (χ0n) is 23.2. The maximum atomic E-state index is 13.3. The molecule has 1 saturated heterocycles. The van der Waals surface area contributed by atoms with Crippen LogP contribution < -0.4 is 4.90 Å². The first kappa shape index (κ1) is 25.9. The lowest BCUT2D eigenvalue weighted by atomic mass is 9.49. The highest BCUT2D eigenvalue weighted by Gasteiger charge is 2.51. The van der Waals surface area contributed by atoms with Crippen LogP contribution in [0, 0.1) is 23.2 Å². The second-order valence-corrected chi connectivity index (χ2v) is 13.8. The third-order valence-electron chi connectivity index (χ3n) is 9.74. The van der Waals surface area contributed by atoms with Crippen LogP contribution in [0.3, 0.4) is 0 Å². The van der Waals surface area contributed by atoms with Crippen LogP contribution >= 0.6 is 11.3 Å². The number of rotatable bonds is 7. The van der Waals surface area contributed by atoms with E-state index in [-0.39, 0.29) is 11.7 Å². The van der Waals surface area contributed by atoms with E-state index in [4.69, 9.17) is 0 Å². The Kier molecular flexibility index (Phi) is 6.74. The van der Waals surface area contributed by atoms with Crippen molar-refractivity contribution >= 4 is 23.1 Å². The highest BCUT2D eigenvalue weighted by molar-refractivity contribution is 7.10. The van der Waals surface area contributed by atoms with Crippen LogP contribution in [-0.2, 0) is 6.54 Å². The molecule has 4 heterocycles. The number of carbonyl (C=O) groups is 1. The van der Waals surface area contributed by atoms with Crippen LogP contribution in [0.15, 0.2) is 42.0 Å². The van der Waals surface area contributed by atoms with Crippen molar-refractivity contribution in [3.63, 3.8) is 0 Å². The summed E-state index contributed by atoms with van der Waals surface area (Å²) in [5.41, 5.74) is 2.81. The van der Waals surface area contributed by atoms with E-state index in [0.29, 0.717) is 11.1 Å². The normalized spacial score (nSPS) is 27.7. The van der Waals surface area contributed by atoms with Crippen LogP contribution in [-0.4, -0.2) is 75.8 Å². The van der Waals surface area contributed by atoms with Crippen molar-refractivity contribution in [3.05, 3.63) is 52.6 Å². The van der Waals surface area contributed by atoms with Gasteiger partial charge < -0.3 is 14.9 Å². The monoisotopic (exact) mass is 558 g/mol. The second-order valence-electron chi connectivity index (χ2n) is 12.9. The number of aromatic hydroxyl groups is 1. The van der Waals surface area contributed by atoms with Gasteiger partial charge >= 0.3 is 0 Å². The molecule has 1 aliphatic heterocycles. The van der Waals surface area contributed by atoms with E-state index in [1.165, 1.54) is 49.6 Å². The number of thiophene rings is 1. The summed E-state index contributed by atoms with van der Waals surface area (Å²) >= 11 is 1.74. The number of amides is 1. The summed E-state index contributed by atoms with van der Waals surface area (Å²) in [6.07, 6.45) is 11.4. The van der Waals surface area contributed by atoms with Gasteiger partial charge in [-0.15, -0.1) is 21.5 Å². The third kappa shape index (κ3) is 5.21. The molecule has 210 valence electrons. The van der Waals surface area contributed by atoms with Crippen molar-refractivity contribution in [1.29, 1.82) is 0 Å². The van der Waals surface area contributed by atoms with Crippen molar-refractivity contribution in [1.82, 2.24) is 25.0 Å². The lowest BCUT2D eigenvalue weighted by molar-refractivity contribution is -0.0629. The van der Waals surface area contributed by atoms with Gasteiger partial charge in [0.15, 0.2) is 11.5 Å². The van der Waals surface area contributed by atoms with Gasteiger partial charge in [-0.25, -0.2) is 0 Å². The van der Waals surface area contributed by atoms with Gasteiger partial charge in [-0.3, -0.25) is 14.7 Å². The van der Waals surface area contributed by atoms with E-state index in [2.05, 4.69) is 36.4 Å². The van der Waals surface area contributed by atoms with Gasteiger partial charge in [0.25, 0.3) is 5.91 Å². The summed E-state index contributed by atoms with van der Waals surface area (Å²) in [5, 5.41) is 20.7. The SMILES string of the molecule is CN(CC12CC3CC(CC(C3)C1)C2)C(=O)c1ccc(N2CCN(Cc3cc(-c4cncc(O)c4)cs3)CC2)nn1. The zero-order chi connectivity index (χ0) is 27.3. The number of hydrogen-bond donors (Lipinski definition) is 1. The minimum absolute atomic E-state index is 0.00331. The Bertz CT molecular complexity index is 1330. The Balaban J connectivity index is 0.918. The summed E-state index contributed by atoms with van der Waals surface area (Å²) < 4.78 is 0. The molecule has 0 spiro atoms. The Labute approximate surface area is 240 Å². The van der Waals surface area contributed by atoms with Crippen LogP contribution in [0.4, 0.5) is 5.82 Å².